The van der Waals surface area contributed by atoms with E-state index in [9.17, 15) is 0 Å². The number of aliphatic imine (C=N–C) groups is 1. The normalized spacial score (nSPS) is 20.1. The molecule has 1 N–H and O–H groups in total. The van der Waals surface area contributed by atoms with Gasteiger partial charge in [-0.05, 0) is 35.8 Å². The number of nitrogens with zero attached hydrogens (tertiary/aromatic N) is 1. The lowest BCUT2D eigenvalue weighted by atomic mass is 10.1. The second-order valence-corrected chi connectivity index (χ2v) is 4.84. The highest BCUT2D eigenvalue weighted by Crippen LogP contribution is 2.29. The summed E-state index contributed by atoms with van der Waals surface area (Å²) in [5.74, 6) is 0. The Morgan fingerprint density at radius 1 is 1.47 bits per heavy atom. The van der Waals surface area contributed by atoms with Crippen LogP contribution in [0.3, 0.4) is 0 Å². The van der Waals surface area contributed by atoms with E-state index in [1.54, 1.807) is 0 Å². The maximum absolute atomic E-state index is 5.26. The number of halogens is 1. The van der Waals surface area contributed by atoms with Crippen LogP contribution in [0.25, 0.3) is 0 Å². The van der Waals surface area contributed by atoms with Gasteiger partial charge in [0.05, 0.1) is 11.7 Å². The first-order valence-electron chi connectivity index (χ1n) is 4.73. The van der Waals surface area contributed by atoms with Crippen molar-refractivity contribution >= 4 is 44.5 Å². The van der Waals surface area contributed by atoms with Crippen molar-refractivity contribution in [2.45, 2.75) is 19.9 Å². The zero-order valence-electron chi connectivity index (χ0n) is 8.54. The molecule has 0 bridgehead atoms. The highest BCUT2D eigenvalue weighted by Gasteiger charge is 2.18. The molecule has 1 unspecified atom stereocenters. The third kappa shape index (κ3) is 1.96. The molecular weight excluding hydrogens is 272 g/mol. The number of hydrogen-bond donors (Lipinski definition) is 1. The van der Waals surface area contributed by atoms with Crippen molar-refractivity contribution in [1.82, 2.24) is 0 Å². The summed E-state index contributed by atoms with van der Waals surface area (Å²) in [7, 11) is 0. The van der Waals surface area contributed by atoms with E-state index < -0.39 is 0 Å². The van der Waals surface area contributed by atoms with E-state index in [0.29, 0.717) is 0 Å². The predicted molar refractivity (Wildman–Crippen MR) is 72.0 cm³/mol. The van der Waals surface area contributed by atoms with Crippen molar-refractivity contribution < 1.29 is 0 Å². The highest BCUT2D eigenvalue weighted by molar-refractivity contribution is 9.10. The van der Waals surface area contributed by atoms with Crippen LogP contribution in [0.1, 0.15) is 19.4 Å². The first kappa shape index (κ1) is 10.8. The molecule has 15 heavy (non-hydrogen) atoms. The SMILES string of the molecule is CC1=NC(C)C(=S)Nc2c(Br)cccc21. The third-order valence-electron chi connectivity index (χ3n) is 2.42. The zero-order valence-corrected chi connectivity index (χ0v) is 10.9. The van der Waals surface area contributed by atoms with Gasteiger partial charge in [0, 0.05) is 15.7 Å². The van der Waals surface area contributed by atoms with Crippen LogP contribution >= 0.6 is 28.1 Å². The van der Waals surface area contributed by atoms with Gasteiger partial charge in [0.2, 0.25) is 0 Å². The minimum Gasteiger partial charge on any atom is -0.347 e. The van der Waals surface area contributed by atoms with Crippen LogP contribution in [-0.2, 0) is 0 Å². The Hall–Kier alpha value is -0.740. The highest BCUT2D eigenvalue weighted by atomic mass is 79.9. The fourth-order valence-electron chi connectivity index (χ4n) is 1.60. The molecule has 0 saturated heterocycles. The first-order chi connectivity index (χ1) is 7.09. The minimum atomic E-state index is 0.0410. The molecule has 4 heteroatoms. The van der Waals surface area contributed by atoms with Gasteiger partial charge in [-0.25, -0.2) is 0 Å². The van der Waals surface area contributed by atoms with Gasteiger partial charge in [-0.1, -0.05) is 24.4 Å². The molecule has 0 spiro atoms. The number of benzodiazepines with no additional fused rings is 1. The molecule has 1 heterocycles. The lowest BCUT2D eigenvalue weighted by Gasteiger charge is -2.11. The van der Waals surface area contributed by atoms with Gasteiger partial charge in [0.15, 0.2) is 0 Å². The number of nitrogens with one attached hydrogen (secondary N) is 1. The van der Waals surface area contributed by atoms with Crippen LogP contribution in [0.15, 0.2) is 27.7 Å². The topological polar surface area (TPSA) is 24.4 Å². The molecule has 0 fully saturated rings. The summed E-state index contributed by atoms with van der Waals surface area (Å²) in [5, 5.41) is 3.24. The van der Waals surface area contributed by atoms with Crippen LogP contribution in [0, 0.1) is 0 Å². The van der Waals surface area contributed by atoms with Gasteiger partial charge in [-0.2, -0.15) is 0 Å². The number of para-hydroxylation sites is 1. The van der Waals surface area contributed by atoms with Gasteiger partial charge < -0.3 is 5.32 Å². The Morgan fingerprint density at radius 3 is 2.93 bits per heavy atom. The van der Waals surface area contributed by atoms with Crippen molar-refractivity contribution in [1.29, 1.82) is 0 Å². The first-order valence-corrected chi connectivity index (χ1v) is 5.94. The summed E-state index contributed by atoms with van der Waals surface area (Å²) >= 11 is 8.78. The Labute approximate surface area is 103 Å². The molecule has 1 aromatic rings. The van der Waals surface area contributed by atoms with Crippen LogP contribution in [0.2, 0.25) is 0 Å². The number of benzene rings is 1. The van der Waals surface area contributed by atoms with Crippen molar-refractivity contribution in [2.75, 3.05) is 5.32 Å². The molecule has 2 nitrogen and oxygen atoms in total. The van der Waals surface area contributed by atoms with Crippen molar-refractivity contribution in [3.63, 3.8) is 0 Å². The number of hydrogen-bond acceptors (Lipinski definition) is 2. The molecule has 1 atom stereocenters. The van der Waals surface area contributed by atoms with Gasteiger partial charge in [-0.3, -0.25) is 4.99 Å². The molecule has 1 aliphatic rings. The third-order valence-corrected chi connectivity index (χ3v) is 3.52. The van der Waals surface area contributed by atoms with Crippen LogP contribution < -0.4 is 5.32 Å². The number of anilines is 1. The molecule has 0 aromatic heterocycles. The van der Waals surface area contributed by atoms with Crippen LogP contribution in [-0.4, -0.2) is 16.7 Å². The fourth-order valence-corrected chi connectivity index (χ4v) is 2.22. The summed E-state index contributed by atoms with van der Waals surface area (Å²) < 4.78 is 1.02. The second-order valence-electron chi connectivity index (χ2n) is 3.54. The predicted octanol–water partition coefficient (Wildman–Crippen LogP) is 3.40. The average molecular weight is 283 g/mol. The van der Waals surface area contributed by atoms with E-state index in [1.807, 2.05) is 32.0 Å². The molecule has 0 saturated carbocycles. The van der Waals surface area contributed by atoms with E-state index in [-0.39, 0.29) is 6.04 Å². The summed E-state index contributed by atoms with van der Waals surface area (Å²) in [6, 6.07) is 6.09. The quantitative estimate of drug-likeness (QED) is 0.738. The molecule has 78 valence electrons. The van der Waals surface area contributed by atoms with Gasteiger partial charge in [0.1, 0.15) is 4.99 Å². The Kier molecular flexibility index (Phi) is 2.89. The lowest BCUT2D eigenvalue weighted by Crippen LogP contribution is -2.20. The van der Waals surface area contributed by atoms with Gasteiger partial charge >= 0.3 is 0 Å². The lowest BCUT2D eigenvalue weighted by molar-refractivity contribution is 0.989. The minimum absolute atomic E-state index is 0.0410. The maximum Gasteiger partial charge on any atom is 0.104 e. The second kappa shape index (κ2) is 4.02. The van der Waals surface area contributed by atoms with Gasteiger partial charge in [0.25, 0.3) is 0 Å². The van der Waals surface area contributed by atoms with Crippen LogP contribution in [0.4, 0.5) is 5.69 Å². The van der Waals surface area contributed by atoms with Gasteiger partial charge in [-0.15, -0.1) is 0 Å². The van der Waals surface area contributed by atoms with E-state index in [4.69, 9.17) is 12.2 Å². The summed E-state index contributed by atoms with van der Waals surface area (Å²) in [4.78, 5) is 5.30. The molecular formula is C11H11BrN2S. The largest absolute Gasteiger partial charge is 0.347 e. The fraction of sp³-hybridized carbons (Fsp3) is 0.273. The van der Waals surface area contributed by atoms with Crippen molar-refractivity contribution in [3.8, 4) is 0 Å². The number of rotatable bonds is 0. The smallest absolute Gasteiger partial charge is 0.104 e. The van der Waals surface area contributed by atoms with Crippen LogP contribution in [0.5, 0.6) is 0 Å². The maximum atomic E-state index is 5.26. The Bertz CT molecular complexity index is 454. The molecule has 0 amide bonds. The Balaban J connectivity index is 2.62. The summed E-state index contributed by atoms with van der Waals surface area (Å²) in [5.41, 5.74) is 3.15. The van der Waals surface area contributed by atoms with E-state index >= 15 is 0 Å². The molecule has 1 aliphatic heterocycles. The van der Waals surface area contributed by atoms with E-state index in [0.717, 1.165) is 26.4 Å². The molecule has 1 aromatic carbocycles. The monoisotopic (exact) mass is 282 g/mol. The molecule has 0 radical (unpaired) electrons. The number of fused-ring (bicyclic) bond motifs is 1. The van der Waals surface area contributed by atoms with E-state index in [1.165, 1.54) is 0 Å². The standard InChI is InChI=1S/C11H11BrN2S/c1-6-8-4-3-5-9(12)10(8)14-11(15)7(2)13-6/h3-5,7H,1-2H3,(H,14,15). The van der Waals surface area contributed by atoms with E-state index in [2.05, 4.69) is 26.2 Å². The summed E-state index contributed by atoms with van der Waals surface area (Å²) in [6.45, 7) is 4.01. The molecule has 0 aliphatic carbocycles. The van der Waals surface area contributed by atoms with Crippen molar-refractivity contribution in [2.24, 2.45) is 4.99 Å². The van der Waals surface area contributed by atoms with Crippen molar-refractivity contribution in [3.05, 3.63) is 28.2 Å². The summed E-state index contributed by atoms with van der Waals surface area (Å²) in [6.07, 6.45) is 0. The molecule has 2 rings (SSSR count). The average Bonchev–Trinajstić information content (AvgIpc) is 2.29. The zero-order chi connectivity index (χ0) is 11.0. The Morgan fingerprint density at radius 2 is 2.20 bits per heavy atom. The number of thiocarbonyl (C=S) groups is 1.